The van der Waals surface area contributed by atoms with Gasteiger partial charge in [-0.2, -0.15) is 0 Å². The molecule has 29 heavy (non-hydrogen) atoms. The largest absolute Gasteiger partial charge is 0.496 e. The minimum atomic E-state index is -3.90. The fourth-order valence-corrected chi connectivity index (χ4v) is 4.57. The maximum Gasteiger partial charge on any atom is 0.255 e. The van der Waals surface area contributed by atoms with Gasteiger partial charge in [0.1, 0.15) is 16.4 Å². The summed E-state index contributed by atoms with van der Waals surface area (Å²) >= 11 is 6.03. The van der Waals surface area contributed by atoms with Crippen LogP contribution in [0.5, 0.6) is 11.5 Å². The number of hydrogen-bond donors (Lipinski definition) is 2. The van der Waals surface area contributed by atoms with E-state index in [9.17, 15) is 13.2 Å². The number of halogens is 1. The van der Waals surface area contributed by atoms with E-state index in [1.54, 1.807) is 30.3 Å². The van der Waals surface area contributed by atoms with Crippen LogP contribution in [0.3, 0.4) is 0 Å². The van der Waals surface area contributed by atoms with Gasteiger partial charge in [0.25, 0.3) is 5.91 Å². The quantitative estimate of drug-likeness (QED) is 0.720. The summed E-state index contributed by atoms with van der Waals surface area (Å²) < 4.78 is 33.9. The van der Waals surface area contributed by atoms with Crippen molar-refractivity contribution < 1.29 is 22.7 Å². The Kier molecular flexibility index (Phi) is 5.55. The molecule has 2 atom stereocenters. The first-order valence-corrected chi connectivity index (χ1v) is 10.8. The molecule has 0 aliphatic heterocycles. The van der Waals surface area contributed by atoms with Crippen molar-refractivity contribution >= 4 is 27.5 Å². The lowest BCUT2D eigenvalue weighted by atomic mass is 10.0. The van der Waals surface area contributed by atoms with Crippen LogP contribution in [-0.2, 0) is 10.0 Å². The van der Waals surface area contributed by atoms with Gasteiger partial charge in [0.05, 0.1) is 19.8 Å². The molecule has 2 aromatic rings. The molecule has 7 nitrogen and oxygen atoms in total. The molecule has 156 valence electrons. The van der Waals surface area contributed by atoms with Gasteiger partial charge in [0.2, 0.25) is 10.0 Å². The summed E-state index contributed by atoms with van der Waals surface area (Å²) in [5.41, 5.74) is 0.960. The van der Waals surface area contributed by atoms with Gasteiger partial charge in [-0.25, -0.2) is 13.6 Å². The fourth-order valence-electron chi connectivity index (χ4n) is 3.72. The van der Waals surface area contributed by atoms with Gasteiger partial charge in [-0.15, -0.1) is 0 Å². The number of nitrogens with two attached hydrogens (primary N) is 1. The van der Waals surface area contributed by atoms with Crippen LogP contribution in [0.4, 0.5) is 0 Å². The average Bonchev–Trinajstić information content (AvgIpc) is 3.20. The summed E-state index contributed by atoms with van der Waals surface area (Å²) in [4.78, 5) is 12.8. The Labute approximate surface area is 175 Å². The predicted molar refractivity (Wildman–Crippen MR) is 110 cm³/mol. The zero-order chi connectivity index (χ0) is 21.6. The lowest BCUT2D eigenvalue weighted by molar-refractivity contribution is 0.0943. The number of carbonyl (C=O) groups is 1. The highest BCUT2D eigenvalue weighted by atomic mass is 35.5. The summed E-state index contributed by atoms with van der Waals surface area (Å²) in [6.45, 7) is 4.05. The van der Waals surface area contributed by atoms with Crippen LogP contribution in [0, 0.1) is 5.41 Å². The van der Waals surface area contributed by atoms with Gasteiger partial charge in [0, 0.05) is 17.0 Å². The number of benzene rings is 2. The molecule has 3 rings (SSSR count). The number of primary sulfonamides is 1. The van der Waals surface area contributed by atoms with Crippen molar-refractivity contribution in [2.75, 3.05) is 14.2 Å². The van der Waals surface area contributed by atoms with Crippen molar-refractivity contribution in [1.82, 2.24) is 5.32 Å². The molecule has 0 heterocycles. The Balaban J connectivity index is 1.87. The number of ether oxygens (including phenoxy) is 2. The lowest BCUT2D eigenvalue weighted by Crippen LogP contribution is -2.29. The topological polar surface area (TPSA) is 108 Å². The van der Waals surface area contributed by atoms with Crippen LogP contribution in [0.2, 0.25) is 5.02 Å². The minimum absolute atomic E-state index is 0.0277. The second-order valence-electron chi connectivity index (χ2n) is 7.55. The predicted octanol–water partition coefficient (Wildman–Crippen LogP) is 2.93. The lowest BCUT2D eigenvalue weighted by Gasteiger charge is -2.11. The second-order valence-corrected chi connectivity index (χ2v) is 9.52. The third kappa shape index (κ3) is 4.05. The fraction of sp³-hybridized carbons (Fsp3) is 0.350. The van der Waals surface area contributed by atoms with Crippen molar-refractivity contribution in [2.24, 2.45) is 10.6 Å². The molecule has 1 unspecified atom stereocenters. The Morgan fingerprint density at radius 2 is 1.76 bits per heavy atom. The van der Waals surface area contributed by atoms with Crippen LogP contribution < -0.4 is 19.9 Å². The van der Waals surface area contributed by atoms with Gasteiger partial charge in [-0.05, 0) is 41.3 Å². The van der Waals surface area contributed by atoms with Crippen LogP contribution in [0.25, 0.3) is 0 Å². The highest BCUT2D eigenvalue weighted by molar-refractivity contribution is 7.89. The Morgan fingerprint density at radius 1 is 1.10 bits per heavy atom. The van der Waals surface area contributed by atoms with Crippen LogP contribution in [-0.4, -0.2) is 34.6 Å². The average molecular weight is 439 g/mol. The number of methoxy groups -OCH3 is 2. The van der Waals surface area contributed by atoms with Gasteiger partial charge in [-0.3, -0.25) is 4.79 Å². The third-order valence-corrected chi connectivity index (χ3v) is 6.56. The summed E-state index contributed by atoms with van der Waals surface area (Å²) in [5.74, 6) is 0.286. The molecule has 9 heteroatoms. The Morgan fingerprint density at radius 3 is 2.34 bits per heavy atom. The number of carbonyl (C=O) groups excluding carboxylic acids is 1. The van der Waals surface area contributed by atoms with Gasteiger partial charge in [0.15, 0.2) is 0 Å². The molecule has 1 aliphatic carbocycles. The first-order chi connectivity index (χ1) is 13.5. The van der Waals surface area contributed by atoms with E-state index in [2.05, 4.69) is 5.32 Å². The van der Waals surface area contributed by atoms with Gasteiger partial charge >= 0.3 is 0 Å². The molecule has 0 spiro atoms. The van der Waals surface area contributed by atoms with Crippen molar-refractivity contribution in [3.8, 4) is 11.5 Å². The first-order valence-electron chi connectivity index (χ1n) is 8.86. The number of sulfonamides is 1. The molecule has 3 N–H and O–H groups in total. The zero-order valence-corrected chi connectivity index (χ0v) is 18.1. The molecule has 1 aliphatic rings. The molecule has 0 aromatic heterocycles. The van der Waals surface area contributed by atoms with Crippen molar-refractivity contribution in [3.63, 3.8) is 0 Å². The number of amides is 1. The van der Waals surface area contributed by atoms with Crippen LogP contribution >= 0.6 is 11.6 Å². The van der Waals surface area contributed by atoms with E-state index in [1.807, 2.05) is 13.8 Å². The smallest absolute Gasteiger partial charge is 0.255 e. The SMILES string of the molecule is COc1ccc(Cl)cc1C(=O)NC1[C@H](c2ccc(S(N)(=O)=O)c(OC)c2)C1(C)C. The molecule has 1 amide bonds. The summed E-state index contributed by atoms with van der Waals surface area (Å²) in [6, 6.07) is 9.47. The molecular weight excluding hydrogens is 416 g/mol. The highest BCUT2D eigenvalue weighted by Gasteiger charge is 2.59. The maximum atomic E-state index is 12.8. The Hall–Kier alpha value is -2.29. The maximum absolute atomic E-state index is 12.8. The molecular formula is C20H23ClN2O5S. The number of rotatable bonds is 6. The normalized spacial score (nSPS) is 20.1. The molecule has 0 saturated heterocycles. The molecule has 2 aromatic carbocycles. The van der Waals surface area contributed by atoms with Crippen LogP contribution in [0.15, 0.2) is 41.3 Å². The van der Waals surface area contributed by atoms with Crippen molar-refractivity contribution in [1.29, 1.82) is 0 Å². The Bertz CT molecular complexity index is 1070. The monoisotopic (exact) mass is 438 g/mol. The van der Waals surface area contributed by atoms with E-state index in [-0.39, 0.29) is 33.9 Å². The first kappa shape index (κ1) is 21.4. The van der Waals surface area contributed by atoms with E-state index in [0.29, 0.717) is 16.3 Å². The standard InChI is InChI=1S/C20H23ClN2O5S/c1-20(2)17(11-5-8-16(29(22,25)26)15(9-11)28-4)18(20)23-19(24)13-10-12(21)6-7-14(13)27-3/h5-10,17-18H,1-4H3,(H,23,24)(H2,22,25,26)/t17-,18?/m0/s1. The van der Waals surface area contributed by atoms with E-state index in [1.165, 1.54) is 20.3 Å². The van der Waals surface area contributed by atoms with Gasteiger partial charge < -0.3 is 14.8 Å². The third-order valence-electron chi connectivity index (χ3n) is 5.37. The summed E-state index contributed by atoms with van der Waals surface area (Å²) in [6.07, 6.45) is 0. The van der Waals surface area contributed by atoms with E-state index < -0.39 is 10.0 Å². The van der Waals surface area contributed by atoms with E-state index >= 15 is 0 Å². The molecule has 1 saturated carbocycles. The highest BCUT2D eigenvalue weighted by Crippen LogP contribution is 2.59. The number of hydrogen-bond acceptors (Lipinski definition) is 5. The zero-order valence-electron chi connectivity index (χ0n) is 16.5. The molecule has 0 radical (unpaired) electrons. The van der Waals surface area contributed by atoms with Crippen molar-refractivity contribution in [2.45, 2.75) is 30.7 Å². The second kappa shape index (κ2) is 7.51. The molecule has 0 bridgehead atoms. The van der Waals surface area contributed by atoms with Crippen LogP contribution in [0.1, 0.15) is 35.7 Å². The minimum Gasteiger partial charge on any atom is -0.496 e. The van der Waals surface area contributed by atoms with E-state index in [4.69, 9.17) is 26.2 Å². The number of nitrogens with one attached hydrogen (secondary N) is 1. The van der Waals surface area contributed by atoms with Gasteiger partial charge in [-0.1, -0.05) is 31.5 Å². The van der Waals surface area contributed by atoms with E-state index in [0.717, 1.165) is 5.56 Å². The summed E-state index contributed by atoms with van der Waals surface area (Å²) in [5, 5.41) is 8.71. The summed E-state index contributed by atoms with van der Waals surface area (Å²) in [7, 11) is -1.02. The molecule has 1 fully saturated rings. The van der Waals surface area contributed by atoms with Crippen molar-refractivity contribution in [3.05, 3.63) is 52.5 Å².